The average molecular weight is 565 g/mol. The van der Waals surface area contributed by atoms with Crippen LogP contribution in [0, 0.1) is 0 Å². The van der Waals surface area contributed by atoms with Crippen LogP contribution in [0.4, 0.5) is 0 Å². The van der Waals surface area contributed by atoms with Gasteiger partial charge in [0.2, 0.25) is 0 Å². The number of carbonyl (C=O) groups is 1. The highest BCUT2D eigenvalue weighted by molar-refractivity contribution is 7.53. The maximum Gasteiger partial charge on any atom is 0.384 e. The molecule has 0 aromatic rings. The third-order valence-electron chi connectivity index (χ3n) is 6.64. The minimum Gasteiger partial charge on any atom is -0.463 e. The van der Waals surface area contributed by atoms with Crippen LogP contribution < -0.4 is 0 Å². The van der Waals surface area contributed by atoms with Crippen LogP contribution in [0.5, 0.6) is 0 Å². The number of hydrogen-bond donors (Lipinski definition) is 4. The van der Waals surface area contributed by atoms with Crippen LogP contribution >= 0.6 is 7.60 Å². The van der Waals surface area contributed by atoms with Gasteiger partial charge in [0.1, 0.15) is 12.7 Å². The van der Waals surface area contributed by atoms with Crippen LogP contribution in [0.15, 0.2) is 24.3 Å². The molecular formula is C28H55NO8P+. The van der Waals surface area contributed by atoms with Gasteiger partial charge in [-0.2, -0.15) is 0 Å². The number of quaternary nitrogens is 1. The third kappa shape index (κ3) is 19.9. The lowest BCUT2D eigenvalue weighted by atomic mass is 10.1. The van der Waals surface area contributed by atoms with E-state index in [0.29, 0.717) is 6.42 Å². The molecule has 224 valence electrons. The molecule has 0 aliphatic carbocycles. The van der Waals surface area contributed by atoms with E-state index in [2.05, 4.69) is 31.2 Å². The summed E-state index contributed by atoms with van der Waals surface area (Å²) < 4.78 is 22.7. The van der Waals surface area contributed by atoms with Crippen molar-refractivity contribution in [3.63, 3.8) is 0 Å². The van der Waals surface area contributed by atoms with E-state index < -0.39 is 38.3 Å². The number of rotatable bonds is 24. The number of allylic oxidation sites excluding steroid dienone is 4. The zero-order valence-electron chi connectivity index (χ0n) is 24.2. The number of unbranched alkanes of at least 4 members (excludes halogenated alkanes) is 8. The van der Waals surface area contributed by atoms with Crippen LogP contribution in [-0.4, -0.2) is 82.7 Å². The fourth-order valence-electron chi connectivity index (χ4n) is 3.69. The molecule has 0 aromatic carbocycles. The summed E-state index contributed by atoms with van der Waals surface area (Å²) in [5.74, 6) is -1.29. The fraction of sp³-hybridized carbons (Fsp3) is 0.821. The number of carbonyl (C=O) groups excluding carboxylic acids is 1. The maximum absolute atomic E-state index is 12.6. The number of hydrogen-bond acceptors (Lipinski definition) is 7. The monoisotopic (exact) mass is 564 g/mol. The first-order valence-corrected chi connectivity index (χ1v) is 15.9. The second kappa shape index (κ2) is 21.7. The lowest BCUT2D eigenvalue weighted by molar-refractivity contribution is -0.901. The molecule has 0 rings (SSSR count). The van der Waals surface area contributed by atoms with Gasteiger partial charge in [-0.3, -0.25) is 9.36 Å². The molecule has 0 saturated heterocycles. The van der Waals surface area contributed by atoms with Crippen molar-refractivity contribution < 1.29 is 43.3 Å². The number of aliphatic hydroxyl groups excluding tert-OH is 2. The number of ether oxygens (including phenoxy) is 1. The lowest BCUT2D eigenvalue weighted by Gasteiger charge is -2.37. The molecule has 0 radical (unpaired) electrons. The van der Waals surface area contributed by atoms with Gasteiger partial charge in [-0.25, -0.2) is 0 Å². The van der Waals surface area contributed by atoms with Crippen molar-refractivity contribution >= 4 is 13.6 Å². The molecule has 0 aliphatic heterocycles. The van der Waals surface area contributed by atoms with Crippen LogP contribution in [0.3, 0.4) is 0 Å². The summed E-state index contributed by atoms with van der Waals surface area (Å²) in [4.78, 5) is 22.2. The Hall–Kier alpha value is -1.06. The summed E-state index contributed by atoms with van der Waals surface area (Å²) in [5, 5.41) is 28.1. The topological polar surface area (TPSA) is 134 Å². The molecule has 0 saturated carbocycles. The molecule has 9 nitrogen and oxygen atoms in total. The highest BCUT2D eigenvalue weighted by atomic mass is 31.2. The zero-order valence-corrected chi connectivity index (χ0v) is 25.1. The van der Waals surface area contributed by atoms with Gasteiger partial charge in [-0.15, -0.1) is 0 Å². The number of nitrogens with zero attached hydrogens (tertiary/aromatic N) is 1. The first-order valence-electron chi connectivity index (χ1n) is 14.2. The van der Waals surface area contributed by atoms with Gasteiger partial charge in [0.25, 0.3) is 0 Å². The van der Waals surface area contributed by atoms with E-state index in [0.717, 1.165) is 25.7 Å². The Labute approximate surface area is 230 Å². The standard InChI is InChI=1S/C28H54NO8P/c1-5-6-7-8-9-10-11-12-13-14-15-16-17-18-19-20-28(33)36-23-26(30)24-37-38(34,35)25(2)29(3,4)22-21-27(31)32/h10-11,16-17,25-27,30-32H,5-9,12-15,18-24H2,1-4H3/p+1/b11-10-,17-16-/t25?,26-/m1/s1. The summed E-state index contributed by atoms with van der Waals surface area (Å²) in [6.07, 6.45) is 18.7. The summed E-state index contributed by atoms with van der Waals surface area (Å²) in [5.41, 5.74) is 0. The Bertz CT molecular complexity index is 711. The maximum atomic E-state index is 12.6. The number of aliphatic hydroxyl groups is 3. The Morgan fingerprint density at radius 1 is 0.868 bits per heavy atom. The van der Waals surface area contributed by atoms with Crippen molar-refractivity contribution in [2.24, 2.45) is 0 Å². The molecule has 0 amide bonds. The molecule has 10 heteroatoms. The van der Waals surface area contributed by atoms with Gasteiger partial charge in [-0.05, 0) is 58.3 Å². The molecular weight excluding hydrogens is 509 g/mol. The SMILES string of the molecule is CCCCCC/C=C\CCCC/C=C\CCCC(=O)OC[C@@H](O)COP(=O)(O)C(C)[N+](C)(C)CCC(O)O. The predicted octanol–water partition coefficient (Wildman–Crippen LogP) is 5.03. The van der Waals surface area contributed by atoms with Gasteiger partial charge in [-0.1, -0.05) is 50.5 Å². The van der Waals surface area contributed by atoms with Gasteiger partial charge in [0.05, 0.1) is 27.2 Å². The molecule has 0 heterocycles. The highest BCUT2D eigenvalue weighted by Gasteiger charge is 2.41. The molecule has 0 fully saturated rings. The third-order valence-corrected chi connectivity index (χ3v) is 8.73. The van der Waals surface area contributed by atoms with Crippen LogP contribution in [0.25, 0.3) is 0 Å². The summed E-state index contributed by atoms with van der Waals surface area (Å²) >= 11 is 0. The Morgan fingerprint density at radius 3 is 1.92 bits per heavy atom. The largest absolute Gasteiger partial charge is 0.463 e. The summed E-state index contributed by atoms with van der Waals surface area (Å²) in [6.45, 7) is 3.24. The van der Waals surface area contributed by atoms with Gasteiger partial charge in [0.15, 0.2) is 12.1 Å². The van der Waals surface area contributed by atoms with Crippen molar-refractivity contribution in [3.8, 4) is 0 Å². The lowest BCUT2D eigenvalue weighted by Crippen LogP contribution is -2.48. The van der Waals surface area contributed by atoms with E-state index in [9.17, 15) is 19.4 Å². The Balaban J connectivity index is 3.93. The predicted molar refractivity (Wildman–Crippen MR) is 151 cm³/mol. The second-order valence-corrected chi connectivity index (χ2v) is 12.7. The molecule has 0 spiro atoms. The Kier molecular flexibility index (Phi) is 21.1. The van der Waals surface area contributed by atoms with Crippen molar-refractivity contribution in [2.75, 3.05) is 33.9 Å². The van der Waals surface area contributed by atoms with Crippen molar-refractivity contribution in [1.82, 2.24) is 0 Å². The molecule has 4 N–H and O–H groups in total. The molecule has 38 heavy (non-hydrogen) atoms. The zero-order chi connectivity index (χ0) is 28.9. The van der Waals surface area contributed by atoms with E-state index in [1.807, 2.05) is 0 Å². The van der Waals surface area contributed by atoms with Crippen molar-refractivity contribution in [3.05, 3.63) is 24.3 Å². The normalized spacial score (nSPS) is 15.8. The van der Waals surface area contributed by atoms with Crippen LogP contribution in [0.2, 0.25) is 0 Å². The quantitative estimate of drug-likeness (QED) is 0.0320. The smallest absolute Gasteiger partial charge is 0.384 e. The average Bonchev–Trinajstić information content (AvgIpc) is 2.86. The van der Waals surface area contributed by atoms with E-state index in [-0.39, 0.29) is 30.5 Å². The molecule has 0 aromatic heterocycles. The number of esters is 1. The van der Waals surface area contributed by atoms with E-state index >= 15 is 0 Å². The molecule has 2 unspecified atom stereocenters. The second-order valence-electron chi connectivity index (χ2n) is 10.6. The van der Waals surface area contributed by atoms with Gasteiger partial charge in [0, 0.05) is 12.8 Å². The van der Waals surface area contributed by atoms with Crippen LogP contribution in [-0.2, 0) is 18.6 Å². The first-order chi connectivity index (χ1) is 17.9. The van der Waals surface area contributed by atoms with E-state index in [4.69, 9.17) is 19.5 Å². The Morgan fingerprint density at radius 2 is 1.39 bits per heavy atom. The minimum atomic E-state index is -4.12. The summed E-state index contributed by atoms with van der Waals surface area (Å²) in [6, 6.07) is 0. The van der Waals surface area contributed by atoms with Crippen molar-refractivity contribution in [1.29, 1.82) is 0 Å². The molecule has 0 aliphatic rings. The first kappa shape index (κ1) is 36.9. The van der Waals surface area contributed by atoms with Crippen molar-refractivity contribution in [2.45, 2.75) is 115 Å². The van der Waals surface area contributed by atoms with Crippen LogP contribution in [0.1, 0.15) is 97.3 Å². The minimum absolute atomic E-state index is 0.0293. The van der Waals surface area contributed by atoms with Gasteiger partial charge < -0.3 is 34.0 Å². The van der Waals surface area contributed by atoms with Gasteiger partial charge >= 0.3 is 13.6 Å². The summed E-state index contributed by atoms with van der Waals surface area (Å²) in [7, 11) is -0.749. The van der Waals surface area contributed by atoms with E-state index in [1.54, 1.807) is 14.1 Å². The molecule has 3 atom stereocenters. The van der Waals surface area contributed by atoms with E-state index in [1.165, 1.54) is 45.4 Å². The molecule has 0 bridgehead atoms. The highest BCUT2D eigenvalue weighted by Crippen LogP contribution is 2.50. The fourth-order valence-corrected chi connectivity index (χ4v) is 5.20.